The maximum absolute atomic E-state index is 12.3. The van der Waals surface area contributed by atoms with Crippen LogP contribution >= 0.6 is 0 Å². The summed E-state index contributed by atoms with van der Waals surface area (Å²) in [5, 5.41) is 4.20. The Morgan fingerprint density at radius 3 is 2.60 bits per heavy atom. The van der Waals surface area contributed by atoms with E-state index in [-0.39, 0.29) is 23.6 Å². The van der Waals surface area contributed by atoms with Gasteiger partial charge in [-0.05, 0) is 24.8 Å². The second-order valence-electron chi connectivity index (χ2n) is 7.48. The molecule has 3 rings (SSSR count). The van der Waals surface area contributed by atoms with Crippen molar-refractivity contribution in [3.8, 4) is 0 Å². The van der Waals surface area contributed by atoms with Crippen LogP contribution in [-0.4, -0.2) is 78.1 Å². The number of carbonyl (C=O) groups excluding carboxylic acids is 1. The fourth-order valence-corrected chi connectivity index (χ4v) is 5.15. The van der Waals surface area contributed by atoms with Gasteiger partial charge in [-0.3, -0.25) is 9.48 Å². The van der Waals surface area contributed by atoms with Crippen molar-refractivity contribution in [3.05, 3.63) is 18.0 Å². The first-order chi connectivity index (χ1) is 11.8. The minimum absolute atomic E-state index is 0.0367. The van der Waals surface area contributed by atoms with E-state index < -0.39 is 9.84 Å². The summed E-state index contributed by atoms with van der Waals surface area (Å²) in [6.07, 6.45) is 6.40. The first-order valence-corrected chi connectivity index (χ1v) is 11.0. The largest absolute Gasteiger partial charge is 0.339 e. The molecule has 0 bridgehead atoms. The summed E-state index contributed by atoms with van der Waals surface area (Å²) in [4.78, 5) is 16.7. The normalized spacial score (nSPS) is 23.5. The van der Waals surface area contributed by atoms with Gasteiger partial charge in [-0.25, -0.2) is 8.42 Å². The average Bonchev–Trinajstić information content (AvgIpc) is 3.10. The van der Waals surface area contributed by atoms with Crippen LogP contribution in [-0.2, 0) is 28.1 Å². The molecular weight excluding hydrogens is 340 g/mol. The lowest BCUT2D eigenvalue weighted by Gasteiger charge is -2.37. The number of aryl methyl sites for hydroxylation is 1. The van der Waals surface area contributed by atoms with Gasteiger partial charge in [0, 0.05) is 70.3 Å². The van der Waals surface area contributed by atoms with Gasteiger partial charge in [0.25, 0.3) is 0 Å². The third-order valence-corrected chi connectivity index (χ3v) is 6.46. The number of aromatic nitrogens is 2. The summed E-state index contributed by atoms with van der Waals surface area (Å²) in [5.41, 5.74) is 1.24. The highest BCUT2D eigenvalue weighted by Gasteiger charge is 2.36. The molecule has 0 aromatic carbocycles. The molecule has 3 heterocycles. The van der Waals surface area contributed by atoms with Crippen molar-refractivity contribution in [2.45, 2.75) is 31.7 Å². The summed E-state index contributed by atoms with van der Waals surface area (Å²) >= 11 is 0. The molecular formula is C17H28N4O3S. The molecule has 0 saturated carbocycles. The molecule has 1 atom stereocenters. The zero-order valence-electron chi connectivity index (χ0n) is 15.1. The lowest BCUT2D eigenvalue weighted by molar-refractivity contribution is -0.130. The average molecular weight is 369 g/mol. The number of piperidine rings is 1. The predicted molar refractivity (Wildman–Crippen MR) is 95.9 cm³/mol. The van der Waals surface area contributed by atoms with Crippen LogP contribution in [0.3, 0.4) is 0 Å². The van der Waals surface area contributed by atoms with Crippen molar-refractivity contribution in [1.82, 2.24) is 19.6 Å². The molecule has 0 N–H and O–H groups in total. The molecule has 2 saturated heterocycles. The first-order valence-electron chi connectivity index (χ1n) is 8.98. The molecule has 2 fully saturated rings. The predicted octanol–water partition coefficient (Wildman–Crippen LogP) is 0.320. The van der Waals surface area contributed by atoms with E-state index in [1.54, 1.807) is 0 Å². The molecule has 0 radical (unpaired) electrons. The van der Waals surface area contributed by atoms with Crippen LogP contribution < -0.4 is 0 Å². The van der Waals surface area contributed by atoms with Gasteiger partial charge in [0.2, 0.25) is 5.91 Å². The standard InChI is InChI=1S/C17H28N4O3S/c1-19-15(3-7-18-19)4-8-20-9-5-16(6-10-20)21-12-14(11-17(21)22)13-25(2,23)24/h3,7,14,16H,4-6,8-13H2,1-2H3. The Kier molecular flexibility index (Phi) is 5.48. The van der Waals surface area contributed by atoms with Gasteiger partial charge in [-0.15, -0.1) is 0 Å². The zero-order valence-corrected chi connectivity index (χ0v) is 15.9. The minimum atomic E-state index is -3.02. The molecule has 1 aromatic heterocycles. The van der Waals surface area contributed by atoms with Gasteiger partial charge < -0.3 is 9.80 Å². The van der Waals surface area contributed by atoms with Crippen molar-refractivity contribution in [2.75, 3.05) is 38.2 Å². The van der Waals surface area contributed by atoms with Gasteiger partial charge >= 0.3 is 0 Å². The second-order valence-corrected chi connectivity index (χ2v) is 9.66. The summed E-state index contributed by atoms with van der Waals surface area (Å²) < 4.78 is 24.9. The minimum Gasteiger partial charge on any atom is -0.339 e. The van der Waals surface area contributed by atoms with Gasteiger partial charge in [-0.1, -0.05) is 0 Å². The number of likely N-dealkylation sites (tertiary alicyclic amines) is 2. The molecule has 140 valence electrons. The summed E-state index contributed by atoms with van der Waals surface area (Å²) in [6, 6.07) is 2.32. The summed E-state index contributed by atoms with van der Waals surface area (Å²) in [6.45, 7) is 3.59. The van der Waals surface area contributed by atoms with Crippen molar-refractivity contribution < 1.29 is 13.2 Å². The van der Waals surface area contributed by atoms with E-state index in [9.17, 15) is 13.2 Å². The van der Waals surface area contributed by atoms with Crippen LogP contribution in [0.2, 0.25) is 0 Å². The van der Waals surface area contributed by atoms with Crippen molar-refractivity contribution >= 4 is 15.7 Å². The van der Waals surface area contributed by atoms with Gasteiger partial charge in [0.05, 0.1) is 5.75 Å². The molecule has 1 unspecified atom stereocenters. The fourth-order valence-electron chi connectivity index (χ4n) is 4.08. The van der Waals surface area contributed by atoms with E-state index in [1.165, 1.54) is 11.9 Å². The Balaban J connectivity index is 1.46. The van der Waals surface area contributed by atoms with E-state index in [0.717, 1.165) is 38.9 Å². The van der Waals surface area contributed by atoms with Crippen LogP contribution in [0.1, 0.15) is 25.0 Å². The molecule has 8 heteroatoms. The van der Waals surface area contributed by atoms with Gasteiger partial charge in [0.15, 0.2) is 0 Å². The van der Waals surface area contributed by atoms with Crippen LogP contribution in [0.25, 0.3) is 0 Å². The van der Waals surface area contributed by atoms with E-state index >= 15 is 0 Å². The number of hydrogen-bond donors (Lipinski definition) is 0. The van der Waals surface area contributed by atoms with E-state index in [0.29, 0.717) is 13.0 Å². The molecule has 0 aliphatic carbocycles. The molecule has 1 amide bonds. The number of amides is 1. The zero-order chi connectivity index (χ0) is 18.0. The maximum Gasteiger partial charge on any atom is 0.223 e. The molecule has 25 heavy (non-hydrogen) atoms. The van der Waals surface area contributed by atoms with Crippen molar-refractivity contribution in [3.63, 3.8) is 0 Å². The quantitative estimate of drug-likeness (QED) is 0.723. The third-order valence-electron chi connectivity index (χ3n) is 5.38. The Bertz CT molecular complexity index is 707. The maximum atomic E-state index is 12.3. The summed E-state index contributed by atoms with van der Waals surface area (Å²) in [7, 11) is -1.05. The fraction of sp³-hybridized carbons (Fsp3) is 0.765. The first kappa shape index (κ1) is 18.4. The molecule has 0 spiro atoms. The molecule has 1 aromatic rings. The Morgan fingerprint density at radius 1 is 1.28 bits per heavy atom. The molecule has 2 aliphatic heterocycles. The van der Waals surface area contributed by atoms with Crippen LogP contribution in [0.5, 0.6) is 0 Å². The number of nitrogens with zero attached hydrogens (tertiary/aromatic N) is 4. The van der Waals surface area contributed by atoms with Crippen molar-refractivity contribution in [1.29, 1.82) is 0 Å². The number of carbonyl (C=O) groups is 1. The Hall–Kier alpha value is -1.41. The van der Waals surface area contributed by atoms with Crippen molar-refractivity contribution in [2.24, 2.45) is 13.0 Å². The van der Waals surface area contributed by atoms with Crippen LogP contribution in [0.4, 0.5) is 0 Å². The molecule has 2 aliphatic rings. The lowest BCUT2D eigenvalue weighted by Crippen LogP contribution is -2.46. The smallest absolute Gasteiger partial charge is 0.223 e. The van der Waals surface area contributed by atoms with E-state index in [1.807, 2.05) is 22.8 Å². The highest BCUT2D eigenvalue weighted by Crippen LogP contribution is 2.26. The highest BCUT2D eigenvalue weighted by atomic mass is 32.2. The highest BCUT2D eigenvalue weighted by molar-refractivity contribution is 7.90. The van der Waals surface area contributed by atoms with Gasteiger partial charge in [0.1, 0.15) is 9.84 Å². The molecule has 7 nitrogen and oxygen atoms in total. The van der Waals surface area contributed by atoms with Crippen LogP contribution in [0, 0.1) is 5.92 Å². The SMILES string of the molecule is Cn1nccc1CCN1CCC(N2CC(CS(C)(=O)=O)CC2=O)CC1. The topological polar surface area (TPSA) is 75.5 Å². The summed E-state index contributed by atoms with van der Waals surface area (Å²) in [5.74, 6) is 0.214. The number of rotatable bonds is 6. The lowest BCUT2D eigenvalue weighted by atomic mass is 10.0. The number of sulfone groups is 1. The van der Waals surface area contributed by atoms with Crippen LogP contribution in [0.15, 0.2) is 12.3 Å². The Labute approximate surface area is 149 Å². The Morgan fingerprint density at radius 2 is 2.00 bits per heavy atom. The monoisotopic (exact) mass is 368 g/mol. The van der Waals surface area contributed by atoms with E-state index in [4.69, 9.17) is 0 Å². The van der Waals surface area contributed by atoms with Gasteiger partial charge in [-0.2, -0.15) is 5.10 Å². The number of hydrogen-bond acceptors (Lipinski definition) is 5. The third kappa shape index (κ3) is 4.82. The van der Waals surface area contributed by atoms with E-state index in [2.05, 4.69) is 16.1 Å². The second kappa shape index (κ2) is 7.45.